The lowest BCUT2D eigenvalue weighted by molar-refractivity contribution is -0.721. The summed E-state index contributed by atoms with van der Waals surface area (Å²) in [6.07, 6.45) is 2.69. The molecule has 2 heterocycles. The van der Waals surface area contributed by atoms with Gasteiger partial charge in [-0.1, -0.05) is 9.79 Å². The van der Waals surface area contributed by atoms with Crippen molar-refractivity contribution in [2.75, 3.05) is 26.3 Å². The summed E-state index contributed by atoms with van der Waals surface area (Å²) in [5.74, 6) is -1.04. The van der Waals surface area contributed by atoms with Crippen molar-refractivity contribution in [1.82, 2.24) is 5.16 Å². The molecule has 1 fully saturated rings. The number of morpholine rings is 1. The maximum atomic E-state index is 12.1. The van der Waals surface area contributed by atoms with Crippen LogP contribution in [-0.4, -0.2) is 57.8 Å². The highest BCUT2D eigenvalue weighted by Crippen LogP contribution is 2.42. The van der Waals surface area contributed by atoms with Crippen LogP contribution >= 0.6 is 0 Å². The molecule has 1 aliphatic heterocycles. The fourth-order valence-corrected chi connectivity index (χ4v) is 3.44. The number of nitrogens with one attached hydrogen (secondary N) is 1. The topological polar surface area (TPSA) is 156 Å². The molecule has 0 saturated carbocycles. The number of fused-ring (bicyclic) bond motifs is 1. The lowest BCUT2D eigenvalue weighted by Crippen LogP contribution is -2.41. The Bertz CT molecular complexity index is 880. The Balaban J connectivity index is 2.19. The van der Waals surface area contributed by atoms with Gasteiger partial charge in [-0.05, 0) is 18.8 Å². The van der Waals surface area contributed by atoms with E-state index in [0.717, 1.165) is 6.08 Å². The predicted molar refractivity (Wildman–Crippen MR) is 86.0 cm³/mol. The molecule has 1 aromatic rings. The molecule has 2 aliphatic rings. The molecular formula is C14H18N5O7+. The Morgan fingerprint density at radius 2 is 1.96 bits per heavy atom. The van der Waals surface area contributed by atoms with E-state index in [1.165, 1.54) is 0 Å². The molecule has 26 heavy (non-hydrogen) atoms. The van der Waals surface area contributed by atoms with Crippen LogP contribution in [0.25, 0.3) is 0 Å². The maximum absolute atomic E-state index is 12.1. The van der Waals surface area contributed by atoms with Gasteiger partial charge < -0.3 is 15.2 Å². The molecule has 3 rings (SSSR count). The lowest BCUT2D eigenvalue weighted by Gasteiger charge is -2.26. The second kappa shape index (κ2) is 6.37. The third kappa shape index (κ3) is 2.98. The number of allylic oxidation sites excluding steroid dienone is 2. The summed E-state index contributed by atoms with van der Waals surface area (Å²) >= 11 is 0. The normalized spacial score (nSPS) is 20.4. The average molecular weight is 368 g/mol. The third-order valence-corrected chi connectivity index (χ3v) is 4.51. The number of rotatable bonds is 3. The Hall–Kier alpha value is -3.02. The number of H-pyrrole nitrogens is 1. The van der Waals surface area contributed by atoms with Crippen molar-refractivity contribution in [3.63, 3.8) is 0 Å². The zero-order chi connectivity index (χ0) is 19.1. The highest BCUT2D eigenvalue weighted by atomic mass is 16.8. The quantitative estimate of drug-likeness (QED) is 0.332. The first-order valence-corrected chi connectivity index (χ1v) is 7.92. The summed E-state index contributed by atoms with van der Waals surface area (Å²) in [4.78, 5) is 22.3. The van der Waals surface area contributed by atoms with Crippen molar-refractivity contribution in [2.24, 2.45) is 5.41 Å². The van der Waals surface area contributed by atoms with E-state index in [-0.39, 0.29) is 16.0 Å². The van der Waals surface area contributed by atoms with Gasteiger partial charge >= 0.3 is 0 Å². The van der Waals surface area contributed by atoms with E-state index in [1.807, 2.05) is 10.8 Å². The Labute approximate surface area is 146 Å². The molecular weight excluding hydrogens is 350 g/mol. The summed E-state index contributed by atoms with van der Waals surface area (Å²) in [5.41, 5.74) is -2.25. The lowest BCUT2D eigenvalue weighted by atomic mass is 9.72. The van der Waals surface area contributed by atoms with E-state index >= 15 is 0 Å². The fourth-order valence-electron chi connectivity index (χ4n) is 3.44. The van der Waals surface area contributed by atoms with E-state index in [9.17, 15) is 25.4 Å². The molecule has 0 radical (unpaired) electrons. The maximum Gasteiger partial charge on any atom is 0.289 e. The summed E-state index contributed by atoms with van der Waals surface area (Å²) in [6.45, 7) is 5.75. The molecule has 1 saturated heterocycles. The summed E-state index contributed by atoms with van der Waals surface area (Å²) in [7, 11) is 0. The number of hydrogen-bond donors (Lipinski definition) is 1. The Kier molecular flexibility index (Phi) is 4.36. The van der Waals surface area contributed by atoms with Crippen molar-refractivity contribution in [1.29, 1.82) is 0 Å². The first-order chi connectivity index (χ1) is 12.2. The molecule has 12 heteroatoms. The van der Waals surface area contributed by atoms with Crippen LogP contribution < -0.4 is 4.60 Å². The summed E-state index contributed by atoms with van der Waals surface area (Å²) < 4.78 is 12.0. The Morgan fingerprint density at radius 1 is 1.31 bits per heavy atom. The zero-order valence-electron chi connectivity index (χ0n) is 14.2. The zero-order valence-corrected chi connectivity index (χ0v) is 14.2. The van der Waals surface area contributed by atoms with Gasteiger partial charge in [0.25, 0.3) is 22.8 Å². The molecule has 0 amide bonds. The van der Waals surface area contributed by atoms with E-state index in [1.54, 1.807) is 13.8 Å². The van der Waals surface area contributed by atoms with Crippen molar-refractivity contribution < 1.29 is 28.4 Å². The second-order valence-corrected chi connectivity index (χ2v) is 6.71. The first-order valence-electron chi connectivity index (χ1n) is 7.92. The highest BCUT2D eigenvalue weighted by molar-refractivity contribution is 6.06. The van der Waals surface area contributed by atoms with Crippen LogP contribution in [0.5, 0.6) is 0 Å². The van der Waals surface area contributed by atoms with E-state index in [0.29, 0.717) is 26.3 Å². The molecule has 1 N–H and O–H groups in total. The molecule has 1 atom stereocenters. The van der Waals surface area contributed by atoms with Crippen LogP contribution in [-0.2, 0) is 4.74 Å². The first kappa shape index (κ1) is 17.8. The highest BCUT2D eigenvalue weighted by Gasteiger charge is 2.54. The van der Waals surface area contributed by atoms with Crippen molar-refractivity contribution in [3.05, 3.63) is 48.6 Å². The summed E-state index contributed by atoms with van der Waals surface area (Å²) in [5, 5.41) is 36.4. The van der Waals surface area contributed by atoms with Crippen molar-refractivity contribution >= 4 is 11.9 Å². The molecule has 1 aromatic heterocycles. The largest absolute Gasteiger partial charge is 0.612 e. The third-order valence-electron chi connectivity index (χ3n) is 4.51. The molecule has 0 bridgehead atoms. The number of aromatic amines is 1. The van der Waals surface area contributed by atoms with Gasteiger partial charge in [-0.25, -0.2) is 4.58 Å². The smallest absolute Gasteiger partial charge is 0.289 e. The van der Waals surface area contributed by atoms with Gasteiger partial charge in [0, 0.05) is 0 Å². The summed E-state index contributed by atoms with van der Waals surface area (Å²) in [6, 6.07) is 0. The molecule has 140 valence electrons. The number of nitrogens with zero attached hydrogens (tertiary/aromatic N) is 4. The number of hydrogen-bond acceptors (Lipinski definition) is 7. The van der Waals surface area contributed by atoms with Crippen LogP contribution in [0.2, 0.25) is 0 Å². The van der Waals surface area contributed by atoms with E-state index < -0.39 is 32.6 Å². The van der Waals surface area contributed by atoms with Crippen molar-refractivity contribution in [3.8, 4) is 0 Å². The van der Waals surface area contributed by atoms with Crippen LogP contribution in [0.1, 0.15) is 31.2 Å². The monoisotopic (exact) mass is 368 g/mol. The minimum atomic E-state index is -1.04. The van der Waals surface area contributed by atoms with Gasteiger partial charge in [0.15, 0.2) is 17.7 Å². The molecule has 12 nitrogen and oxygen atoms in total. The van der Waals surface area contributed by atoms with Crippen LogP contribution in [0.3, 0.4) is 0 Å². The standard InChI is InChI=1S/C14H18N5O7/c1-14(2,8-16-3-5-25-6-4-16)11-9(17(20)21)7-10(18(22)23)12-13(11)19(24)26-15-12/h7-8,11,15H,3-6H2,1-2H3/q+1. The Morgan fingerprint density at radius 3 is 2.54 bits per heavy atom. The SMILES string of the molecule is CC(C)(C=[N+]1CCOCC1)C1C([N+](=O)[O-])=CC(=[N+]([O-])[O-])c2[nH]o[n+](=O)c21. The van der Waals surface area contributed by atoms with E-state index in [2.05, 4.69) is 9.79 Å². The van der Waals surface area contributed by atoms with E-state index in [4.69, 9.17) is 4.74 Å². The van der Waals surface area contributed by atoms with Gasteiger partial charge in [0.05, 0.1) is 16.4 Å². The van der Waals surface area contributed by atoms with Gasteiger partial charge in [-0.15, -0.1) is 0 Å². The van der Waals surface area contributed by atoms with Crippen LogP contribution in [0.15, 0.2) is 16.4 Å². The molecule has 1 aliphatic carbocycles. The second-order valence-electron chi connectivity index (χ2n) is 6.71. The van der Waals surface area contributed by atoms with Gasteiger partial charge in [-0.2, -0.15) is 4.90 Å². The van der Waals surface area contributed by atoms with Gasteiger partial charge in [0.2, 0.25) is 0 Å². The minimum absolute atomic E-state index is 0.0644. The number of aromatic nitrogens is 2. The van der Waals surface area contributed by atoms with Gasteiger partial charge in [-0.3, -0.25) is 10.1 Å². The number of ether oxygens (including phenoxy) is 1. The fraction of sp³-hybridized carbons (Fsp3) is 0.571. The molecule has 0 aromatic carbocycles. The number of nitro groups is 1. The van der Waals surface area contributed by atoms with Crippen LogP contribution in [0, 0.1) is 30.9 Å². The van der Waals surface area contributed by atoms with Gasteiger partial charge in [0.1, 0.15) is 25.3 Å². The predicted octanol–water partition coefficient (Wildman–Crippen LogP) is -0.283. The molecule has 0 spiro atoms. The minimum Gasteiger partial charge on any atom is -0.612 e. The molecule has 1 unspecified atom stereocenters. The van der Waals surface area contributed by atoms with Crippen LogP contribution in [0.4, 0.5) is 0 Å². The average Bonchev–Trinajstić information content (AvgIpc) is 2.95. The van der Waals surface area contributed by atoms with Crippen molar-refractivity contribution in [2.45, 2.75) is 19.8 Å².